The van der Waals surface area contributed by atoms with Crippen molar-refractivity contribution in [1.82, 2.24) is 0 Å². The molecule has 104 valence electrons. The van der Waals surface area contributed by atoms with Crippen molar-refractivity contribution in [3.8, 4) is 5.75 Å². The maximum atomic E-state index is 10.0. The molecule has 4 heteroatoms. The Hall–Kier alpha value is -1.32. The maximum Gasteiger partial charge on any atom is 0.132 e. The summed E-state index contributed by atoms with van der Waals surface area (Å²) in [6.45, 7) is 0.990. The molecule has 1 N–H and O–H groups in total. The first-order valence-corrected chi connectivity index (χ1v) is 7.91. The zero-order chi connectivity index (χ0) is 13.9. The quantitative estimate of drug-likeness (QED) is 0.799. The normalized spacial score (nSPS) is 14.8. The molecule has 0 radical (unpaired) electrons. The average Bonchev–Trinajstić information content (AvgIpc) is 2.65. The number of hydrogen-bond donors (Lipinski definition) is 1. The fourth-order valence-corrected chi connectivity index (χ4v) is 3.62. The van der Waals surface area contributed by atoms with Crippen LogP contribution in [0.4, 0.5) is 5.69 Å². The van der Waals surface area contributed by atoms with Gasteiger partial charge in [-0.2, -0.15) is 0 Å². The average molecular weight is 306 g/mol. The van der Waals surface area contributed by atoms with Gasteiger partial charge < -0.3 is 9.41 Å². The van der Waals surface area contributed by atoms with E-state index in [0.717, 1.165) is 24.3 Å². The van der Waals surface area contributed by atoms with Gasteiger partial charge in [0, 0.05) is 11.6 Å². The topological polar surface area (TPSA) is 23.5 Å². The number of hydrogen-bond acceptors (Lipinski definition) is 3. The van der Waals surface area contributed by atoms with Gasteiger partial charge in [-0.25, -0.2) is 0 Å². The smallest absolute Gasteiger partial charge is 0.132 e. The van der Waals surface area contributed by atoms with E-state index in [1.165, 1.54) is 17.7 Å². The van der Waals surface area contributed by atoms with Crippen LogP contribution in [-0.2, 0) is 6.42 Å². The predicted octanol–water partition coefficient (Wildman–Crippen LogP) is 4.90. The summed E-state index contributed by atoms with van der Waals surface area (Å²) in [5.74, 6) is 0.240. The Kier molecular flexibility index (Phi) is 4.08. The summed E-state index contributed by atoms with van der Waals surface area (Å²) in [5, 5.41) is 10.6. The molecule has 2 aromatic carbocycles. The second-order valence-corrected chi connectivity index (χ2v) is 6.39. The summed E-state index contributed by atoms with van der Waals surface area (Å²) in [4.78, 5) is 0.839. The van der Waals surface area contributed by atoms with Crippen molar-refractivity contribution in [1.29, 1.82) is 0 Å². The molecule has 0 unspecified atom stereocenters. The van der Waals surface area contributed by atoms with E-state index < -0.39 is 0 Å². The number of fused-ring (bicyclic) bond motifs is 1. The summed E-state index contributed by atoms with van der Waals surface area (Å²) in [5.41, 5.74) is 2.63. The molecule has 0 bridgehead atoms. The number of phenolic OH excluding ortho intramolecular Hbond substituents is 1. The minimum atomic E-state index is 0.240. The van der Waals surface area contributed by atoms with Gasteiger partial charge in [-0.15, -0.1) is 0 Å². The van der Waals surface area contributed by atoms with Crippen LogP contribution in [-0.4, -0.2) is 11.7 Å². The van der Waals surface area contributed by atoms with Crippen LogP contribution in [0.25, 0.3) is 0 Å². The molecular formula is C16H16ClNOS. The van der Waals surface area contributed by atoms with Gasteiger partial charge in [0.2, 0.25) is 0 Å². The van der Waals surface area contributed by atoms with Crippen molar-refractivity contribution in [2.75, 3.05) is 10.8 Å². The van der Waals surface area contributed by atoms with Crippen molar-refractivity contribution >= 4 is 29.2 Å². The molecule has 0 fully saturated rings. The first-order valence-electron chi connectivity index (χ1n) is 6.76. The number of halogens is 1. The molecular weight excluding hydrogens is 290 g/mol. The van der Waals surface area contributed by atoms with Gasteiger partial charge in [0.25, 0.3) is 0 Å². The number of aromatic hydroxyl groups is 1. The van der Waals surface area contributed by atoms with Gasteiger partial charge >= 0.3 is 0 Å². The molecule has 2 aromatic rings. The van der Waals surface area contributed by atoms with Gasteiger partial charge in [-0.05, 0) is 61.0 Å². The second-order valence-electron chi connectivity index (χ2n) is 4.89. The van der Waals surface area contributed by atoms with Crippen molar-refractivity contribution in [2.45, 2.75) is 24.2 Å². The molecule has 0 atom stereocenters. The molecule has 0 saturated heterocycles. The van der Waals surface area contributed by atoms with Crippen LogP contribution in [0.3, 0.4) is 0 Å². The molecule has 0 amide bonds. The lowest BCUT2D eigenvalue weighted by molar-refractivity contribution is 0.462. The highest BCUT2D eigenvalue weighted by molar-refractivity contribution is 8.00. The molecule has 1 aliphatic rings. The van der Waals surface area contributed by atoms with E-state index >= 15 is 0 Å². The summed E-state index contributed by atoms with van der Waals surface area (Å²) in [6.07, 6.45) is 3.50. The van der Waals surface area contributed by atoms with Crippen molar-refractivity contribution in [2.24, 2.45) is 0 Å². The van der Waals surface area contributed by atoms with Crippen LogP contribution in [0.5, 0.6) is 5.75 Å². The monoisotopic (exact) mass is 305 g/mol. The van der Waals surface area contributed by atoms with Crippen LogP contribution >= 0.6 is 23.5 Å². The maximum absolute atomic E-state index is 10.0. The molecule has 2 nitrogen and oxygen atoms in total. The van der Waals surface area contributed by atoms with Crippen LogP contribution in [0.15, 0.2) is 47.4 Å². The Morgan fingerprint density at radius 2 is 1.95 bits per heavy atom. The Bertz CT molecular complexity index is 617. The minimum Gasteiger partial charge on any atom is -0.507 e. The zero-order valence-electron chi connectivity index (χ0n) is 11.1. The van der Waals surface area contributed by atoms with Crippen LogP contribution in [0.1, 0.15) is 18.4 Å². The van der Waals surface area contributed by atoms with Crippen molar-refractivity contribution in [3.05, 3.63) is 53.1 Å². The highest BCUT2D eigenvalue weighted by Crippen LogP contribution is 2.38. The first kappa shape index (κ1) is 13.7. The first-order chi connectivity index (χ1) is 9.74. The minimum absolute atomic E-state index is 0.240. The fourth-order valence-electron chi connectivity index (χ4n) is 2.44. The fraction of sp³-hybridized carbons (Fsp3) is 0.250. The van der Waals surface area contributed by atoms with E-state index in [9.17, 15) is 5.11 Å². The third-order valence-corrected chi connectivity index (χ3v) is 4.82. The summed E-state index contributed by atoms with van der Waals surface area (Å²) >= 11 is 7.46. The standard InChI is InChI=1S/C16H16ClNOS/c17-13-8-9-16(15(19)11-13)20-18-10-4-3-6-12-5-1-2-7-14(12)18/h1-2,5,7-9,11,19H,3-4,6,10H2. The van der Waals surface area contributed by atoms with E-state index in [-0.39, 0.29) is 5.75 Å². The molecule has 20 heavy (non-hydrogen) atoms. The largest absolute Gasteiger partial charge is 0.507 e. The van der Waals surface area contributed by atoms with E-state index in [1.807, 2.05) is 12.1 Å². The lowest BCUT2D eigenvalue weighted by Crippen LogP contribution is -2.15. The lowest BCUT2D eigenvalue weighted by Gasteiger charge is -2.23. The van der Waals surface area contributed by atoms with Gasteiger partial charge in [0.05, 0.1) is 10.6 Å². The van der Waals surface area contributed by atoms with Crippen molar-refractivity contribution in [3.63, 3.8) is 0 Å². The number of rotatable bonds is 2. The summed E-state index contributed by atoms with van der Waals surface area (Å²) in [6, 6.07) is 13.8. The number of para-hydroxylation sites is 1. The van der Waals surface area contributed by atoms with E-state index in [1.54, 1.807) is 18.0 Å². The number of benzene rings is 2. The third kappa shape index (κ3) is 2.89. The van der Waals surface area contributed by atoms with Gasteiger partial charge in [0.15, 0.2) is 0 Å². The van der Waals surface area contributed by atoms with Gasteiger partial charge in [-0.1, -0.05) is 29.8 Å². The summed E-state index contributed by atoms with van der Waals surface area (Å²) < 4.78 is 2.27. The molecule has 0 spiro atoms. The second kappa shape index (κ2) is 5.98. The molecule has 3 rings (SSSR count). The highest BCUT2D eigenvalue weighted by Gasteiger charge is 2.17. The van der Waals surface area contributed by atoms with Crippen LogP contribution < -0.4 is 4.31 Å². The Morgan fingerprint density at radius 3 is 2.80 bits per heavy atom. The Balaban J connectivity index is 1.90. The lowest BCUT2D eigenvalue weighted by atomic mass is 10.1. The highest BCUT2D eigenvalue weighted by atomic mass is 35.5. The van der Waals surface area contributed by atoms with Gasteiger partial charge in [0.1, 0.15) is 5.75 Å². The SMILES string of the molecule is Oc1cc(Cl)ccc1SN1CCCCc2ccccc21. The molecule has 0 aromatic heterocycles. The van der Waals surface area contributed by atoms with E-state index in [0.29, 0.717) is 5.02 Å². The van der Waals surface area contributed by atoms with E-state index in [2.05, 4.69) is 28.6 Å². The van der Waals surface area contributed by atoms with Crippen LogP contribution in [0.2, 0.25) is 5.02 Å². The van der Waals surface area contributed by atoms with Crippen molar-refractivity contribution < 1.29 is 5.11 Å². The Morgan fingerprint density at radius 1 is 1.10 bits per heavy atom. The molecule has 1 heterocycles. The number of nitrogens with zero attached hydrogens (tertiary/aromatic N) is 1. The predicted molar refractivity (Wildman–Crippen MR) is 85.7 cm³/mol. The number of aryl methyl sites for hydroxylation is 1. The van der Waals surface area contributed by atoms with Crippen LogP contribution in [0, 0.1) is 0 Å². The van der Waals surface area contributed by atoms with E-state index in [4.69, 9.17) is 11.6 Å². The number of phenols is 1. The third-order valence-electron chi connectivity index (χ3n) is 3.45. The number of anilines is 1. The molecule has 0 saturated carbocycles. The Labute approximate surface area is 128 Å². The molecule has 0 aliphatic carbocycles. The summed E-state index contributed by atoms with van der Waals surface area (Å²) in [7, 11) is 0. The zero-order valence-corrected chi connectivity index (χ0v) is 12.6. The molecule has 1 aliphatic heterocycles. The van der Waals surface area contributed by atoms with Gasteiger partial charge in [-0.3, -0.25) is 0 Å².